The molecule has 0 atom stereocenters. The van der Waals surface area contributed by atoms with Gasteiger partial charge in [-0.25, -0.2) is 4.79 Å². The van der Waals surface area contributed by atoms with Crippen molar-refractivity contribution in [2.45, 2.75) is 23.8 Å². The Labute approximate surface area is 153 Å². The van der Waals surface area contributed by atoms with Gasteiger partial charge in [0.25, 0.3) is 0 Å². The van der Waals surface area contributed by atoms with Crippen LogP contribution in [-0.2, 0) is 6.42 Å². The predicted molar refractivity (Wildman–Crippen MR) is 105 cm³/mol. The van der Waals surface area contributed by atoms with Gasteiger partial charge < -0.3 is 15.1 Å². The fourth-order valence-corrected chi connectivity index (χ4v) is 4.12. The molecule has 2 aromatic rings. The number of hydrogen-bond acceptors (Lipinski definition) is 3. The van der Waals surface area contributed by atoms with Gasteiger partial charge in [0.2, 0.25) is 0 Å². The molecule has 0 radical (unpaired) electrons. The predicted octanol–water partition coefficient (Wildman–Crippen LogP) is 4.08. The molecule has 5 heteroatoms. The second-order valence-corrected chi connectivity index (χ2v) is 7.53. The molecule has 2 aliphatic rings. The van der Waals surface area contributed by atoms with Crippen molar-refractivity contribution >= 4 is 29.2 Å². The highest BCUT2D eigenvalue weighted by atomic mass is 32.2. The fraction of sp³-hybridized carbons (Fsp3) is 0.350. The summed E-state index contributed by atoms with van der Waals surface area (Å²) in [5.74, 6) is 0. The molecular weight excluding hydrogens is 330 g/mol. The van der Waals surface area contributed by atoms with Crippen LogP contribution in [-0.4, -0.2) is 42.9 Å². The van der Waals surface area contributed by atoms with Crippen LogP contribution >= 0.6 is 11.8 Å². The molecule has 0 aromatic heterocycles. The summed E-state index contributed by atoms with van der Waals surface area (Å²) in [4.78, 5) is 18.0. The lowest BCUT2D eigenvalue weighted by molar-refractivity contribution is 0.160. The Hall–Kier alpha value is -2.14. The van der Waals surface area contributed by atoms with Gasteiger partial charge in [-0.1, -0.05) is 24.3 Å². The van der Waals surface area contributed by atoms with Crippen LogP contribution in [0.1, 0.15) is 12.0 Å². The van der Waals surface area contributed by atoms with Crippen LogP contribution in [0.15, 0.2) is 53.4 Å². The highest BCUT2D eigenvalue weighted by Crippen LogP contribution is 2.31. The van der Waals surface area contributed by atoms with Crippen LogP contribution < -0.4 is 10.2 Å². The van der Waals surface area contributed by atoms with Gasteiger partial charge in [-0.05, 0) is 48.9 Å². The Bertz CT molecular complexity index is 773. The standard InChI is InChI=1S/C20H23N3OS/c1-25-18-9-4-8-16(12-18)21-20(24)22-13-17(14-22)23-11-5-7-15-6-2-3-10-19(15)23/h2-4,6,8-10,12,17H,5,7,11,13-14H2,1H3,(H,21,24). The van der Waals surface area contributed by atoms with Crippen molar-refractivity contribution in [3.63, 3.8) is 0 Å². The summed E-state index contributed by atoms with van der Waals surface area (Å²) in [6.07, 6.45) is 4.40. The number of nitrogens with one attached hydrogen (secondary N) is 1. The van der Waals surface area contributed by atoms with Crippen molar-refractivity contribution in [3.8, 4) is 0 Å². The van der Waals surface area contributed by atoms with E-state index in [2.05, 4.69) is 34.5 Å². The number of nitrogens with zero attached hydrogens (tertiary/aromatic N) is 2. The van der Waals surface area contributed by atoms with Crippen molar-refractivity contribution < 1.29 is 4.79 Å². The van der Waals surface area contributed by atoms with Crippen LogP contribution in [0.2, 0.25) is 0 Å². The molecule has 4 nitrogen and oxygen atoms in total. The molecule has 1 N–H and O–H groups in total. The zero-order chi connectivity index (χ0) is 17.2. The van der Waals surface area contributed by atoms with Gasteiger partial charge >= 0.3 is 6.03 Å². The maximum Gasteiger partial charge on any atom is 0.321 e. The number of para-hydroxylation sites is 1. The van der Waals surface area contributed by atoms with Crippen LogP contribution in [0.25, 0.3) is 0 Å². The third kappa shape index (κ3) is 3.33. The summed E-state index contributed by atoms with van der Waals surface area (Å²) in [5, 5.41) is 3.02. The van der Waals surface area contributed by atoms with Gasteiger partial charge in [-0.3, -0.25) is 0 Å². The quantitative estimate of drug-likeness (QED) is 0.845. The van der Waals surface area contributed by atoms with E-state index in [1.807, 2.05) is 35.4 Å². The SMILES string of the molecule is CSc1cccc(NC(=O)N2CC(N3CCCc4ccccc43)C2)c1. The third-order valence-corrected chi connectivity index (χ3v) is 5.78. The topological polar surface area (TPSA) is 35.6 Å². The summed E-state index contributed by atoms with van der Waals surface area (Å²) in [5.41, 5.74) is 3.65. The maximum atomic E-state index is 12.5. The van der Waals surface area contributed by atoms with Crippen LogP contribution in [0.3, 0.4) is 0 Å². The number of thioether (sulfide) groups is 1. The van der Waals surface area contributed by atoms with E-state index in [4.69, 9.17) is 0 Å². The lowest BCUT2D eigenvalue weighted by atomic mass is 9.97. The fourth-order valence-electron chi connectivity index (χ4n) is 3.66. The average molecular weight is 353 g/mol. The van der Waals surface area contributed by atoms with Crippen molar-refractivity contribution in [2.24, 2.45) is 0 Å². The van der Waals surface area contributed by atoms with Crippen LogP contribution in [0, 0.1) is 0 Å². The van der Waals surface area contributed by atoms with E-state index in [9.17, 15) is 4.79 Å². The molecular formula is C20H23N3OS. The molecule has 130 valence electrons. The maximum absolute atomic E-state index is 12.5. The summed E-state index contributed by atoms with van der Waals surface area (Å²) >= 11 is 1.68. The highest BCUT2D eigenvalue weighted by Gasteiger charge is 2.36. The second-order valence-electron chi connectivity index (χ2n) is 6.65. The zero-order valence-corrected chi connectivity index (χ0v) is 15.3. The molecule has 4 rings (SSSR count). The van der Waals surface area contributed by atoms with Gasteiger partial charge in [-0.15, -0.1) is 11.8 Å². The summed E-state index contributed by atoms with van der Waals surface area (Å²) in [7, 11) is 0. The van der Waals surface area contributed by atoms with Gasteiger partial charge in [-0.2, -0.15) is 0 Å². The van der Waals surface area contributed by atoms with Crippen molar-refractivity contribution in [1.29, 1.82) is 0 Å². The number of anilines is 2. The molecule has 1 saturated heterocycles. The minimum Gasteiger partial charge on any atom is -0.365 e. The Balaban J connectivity index is 1.37. The monoisotopic (exact) mass is 353 g/mol. The minimum atomic E-state index is -0.000187. The van der Waals surface area contributed by atoms with Crippen molar-refractivity contribution in [1.82, 2.24) is 4.90 Å². The first-order chi connectivity index (χ1) is 12.2. The normalized spacial score (nSPS) is 17.0. The number of urea groups is 1. The first-order valence-electron chi connectivity index (χ1n) is 8.79. The number of aryl methyl sites for hydroxylation is 1. The number of carbonyl (C=O) groups excluding carboxylic acids is 1. The number of fused-ring (bicyclic) bond motifs is 1. The molecule has 2 amide bonds. The Morgan fingerprint density at radius 1 is 1.16 bits per heavy atom. The van der Waals surface area contributed by atoms with Gasteiger partial charge in [0.15, 0.2) is 0 Å². The lowest BCUT2D eigenvalue weighted by Crippen LogP contribution is -2.62. The molecule has 0 bridgehead atoms. The zero-order valence-electron chi connectivity index (χ0n) is 14.4. The second kappa shape index (κ2) is 7.00. The number of likely N-dealkylation sites (tertiary alicyclic amines) is 1. The molecule has 0 unspecified atom stereocenters. The summed E-state index contributed by atoms with van der Waals surface area (Å²) in [6.45, 7) is 2.68. The van der Waals surface area contributed by atoms with Gasteiger partial charge in [0, 0.05) is 35.9 Å². The highest BCUT2D eigenvalue weighted by molar-refractivity contribution is 7.98. The molecule has 2 heterocycles. The van der Waals surface area contributed by atoms with Gasteiger partial charge in [0.05, 0.1) is 6.04 Å². The molecule has 2 aromatic carbocycles. The Kier molecular flexibility index (Phi) is 4.57. The lowest BCUT2D eigenvalue weighted by Gasteiger charge is -2.48. The largest absolute Gasteiger partial charge is 0.365 e. The van der Waals surface area contributed by atoms with Gasteiger partial charge in [0.1, 0.15) is 0 Å². The van der Waals surface area contributed by atoms with E-state index in [-0.39, 0.29) is 6.03 Å². The van der Waals surface area contributed by atoms with E-state index in [0.717, 1.165) is 36.6 Å². The van der Waals surface area contributed by atoms with Crippen LogP contribution in [0.4, 0.5) is 16.2 Å². The third-order valence-electron chi connectivity index (χ3n) is 5.06. The number of rotatable bonds is 3. The van der Waals surface area contributed by atoms with Crippen LogP contribution in [0.5, 0.6) is 0 Å². The van der Waals surface area contributed by atoms with E-state index in [0.29, 0.717) is 6.04 Å². The smallest absolute Gasteiger partial charge is 0.321 e. The Morgan fingerprint density at radius 3 is 2.84 bits per heavy atom. The van der Waals surface area contributed by atoms with Crippen molar-refractivity contribution in [3.05, 3.63) is 54.1 Å². The summed E-state index contributed by atoms with van der Waals surface area (Å²) in [6, 6.07) is 17.1. The molecule has 0 spiro atoms. The molecule has 0 saturated carbocycles. The minimum absolute atomic E-state index is 0.000187. The number of hydrogen-bond donors (Lipinski definition) is 1. The summed E-state index contributed by atoms with van der Waals surface area (Å²) < 4.78 is 0. The van der Waals surface area contributed by atoms with E-state index in [1.165, 1.54) is 17.7 Å². The van der Waals surface area contributed by atoms with Crippen molar-refractivity contribution in [2.75, 3.05) is 36.1 Å². The van der Waals surface area contributed by atoms with E-state index < -0.39 is 0 Å². The van der Waals surface area contributed by atoms with E-state index in [1.54, 1.807) is 11.8 Å². The average Bonchev–Trinajstić information content (AvgIpc) is 2.61. The molecule has 2 aliphatic heterocycles. The Morgan fingerprint density at radius 2 is 2.00 bits per heavy atom. The first-order valence-corrected chi connectivity index (χ1v) is 10.0. The molecule has 1 fully saturated rings. The first kappa shape index (κ1) is 16.3. The number of benzene rings is 2. The number of carbonyl (C=O) groups is 1. The molecule has 0 aliphatic carbocycles. The number of amides is 2. The van der Waals surface area contributed by atoms with E-state index >= 15 is 0 Å². The molecule has 25 heavy (non-hydrogen) atoms.